The number of anilines is 1. The first kappa shape index (κ1) is 13.4. The fourth-order valence-electron chi connectivity index (χ4n) is 3.12. The zero-order valence-electron chi connectivity index (χ0n) is 11.7. The van der Waals surface area contributed by atoms with Crippen LogP contribution in [-0.2, 0) is 0 Å². The van der Waals surface area contributed by atoms with Gasteiger partial charge in [0.25, 0.3) is 0 Å². The van der Waals surface area contributed by atoms with Gasteiger partial charge in [0.05, 0.1) is 12.8 Å². The van der Waals surface area contributed by atoms with Gasteiger partial charge in [-0.25, -0.2) is 0 Å². The van der Waals surface area contributed by atoms with Crippen LogP contribution in [0, 0.1) is 11.8 Å². The lowest BCUT2D eigenvalue weighted by Crippen LogP contribution is -2.33. The lowest BCUT2D eigenvalue weighted by Gasteiger charge is -2.21. The molecule has 0 amide bonds. The van der Waals surface area contributed by atoms with Crippen molar-refractivity contribution in [2.45, 2.75) is 12.8 Å². The molecule has 2 atom stereocenters. The Morgan fingerprint density at radius 2 is 1.85 bits per heavy atom. The number of benzene rings is 1. The van der Waals surface area contributed by atoms with E-state index in [0.717, 1.165) is 41.5 Å². The number of nitrogens with zero attached hydrogens (tertiary/aromatic N) is 1. The summed E-state index contributed by atoms with van der Waals surface area (Å²) in [5, 5.41) is 4.13. The van der Waals surface area contributed by atoms with Gasteiger partial charge in [0, 0.05) is 13.1 Å². The van der Waals surface area contributed by atoms with Crippen LogP contribution in [0.5, 0.6) is 5.75 Å². The van der Waals surface area contributed by atoms with Crippen molar-refractivity contribution in [3.63, 3.8) is 0 Å². The molecule has 20 heavy (non-hydrogen) atoms. The van der Waals surface area contributed by atoms with Gasteiger partial charge in [0.2, 0.25) is 0 Å². The minimum absolute atomic E-state index is 0.761. The average Bonchev–Trinajstić information content (AvgIpc) is 2.92. The molecule has 0 bridgehead atoms. The Morgan fingerprint density at radius 1 is 1.20 bits per heavy atom. The summed E-state index contributed by atoms with van der Waals surface area (Å²) in [6.07, 6.45) is 7.00. The van der Waals surface area contributed by atoms with Gasteiger partial charge in [-0.15, -0.1) is 0 Å². The number of methoxy groups -OCH3 is 1. The summed E-state index contributed by atoms with van der Waals surface area (Å²) in [7, 11) is 1.68. The van der Waals surface area contributed by atoms with Crippen molar-refractivity contribution < 1.29 is 4.74 Å². The number of nitrogens with one attached hydrogen (secondary N) is 1. The van der Waals surface area contributed by atoms with E-state index >= 15 is 0 Å². The monoisotopic (exact) mass is 288 g/mol. The van der Waals surface area contributed by atoms with Crippen molar-refractivity contribution in [2.75, 3.05) is 25.5 Å². The second-order valence-corrected chi connectivity index (χ2v) is 5.89. The predicted molar refractivity (Wildman–Crippen MR) is 86.1 cm³/mol. The standard InChI is InChI=1S/C16H20N2OS/c1-19-15-9-5-4-8-14(15)17-16(20)18-10-12-6-2-3-7-13(12)11-18/h2-5,8-9,12-13H,6-7,10-11H2,1H3,(H,17,20). The first-order chi connectivity index (χ1) is 9.78. The SMILES string of the molecule is COc1ccccc1NC(=S)N1CC2CC=CCC2C1. The van der Waals surface area contributed by atoms with Crippen molar-refractivity contribution in [1.29, 1.82) is 0 Å². The highest BCUT2D eigenvalue weighted by Gasteiger charge is 2.33. The maximum Gasteiger partial charge on any atom is 0.173 e. The number of rotatable bonds is 2. The van der Waals surface area contributed by atoms with Crippen LogP contribution in [0.15, 0.2) is 36.4 Å². The van der Waals surface area contributed by atoms with Crippen LogP contribution in [0.1, 0.15) is 12.8 Å². The Morgan fingerprint density at radius 3 is 2.50 bits per heavy atom. The third kappa shape index (κ3) is 2.66. The van der Waals surface area contributed by atoms with Crippen molar-refractivity contribution >= 4 is 23.0 Å². The summed E-state index contributed by atoms with van der Waals surface area (Å²) in [6, 6.07) is 7.89. The first-order valence-corrected chi connectivity index (χ1v) is 7.52. The smallest absolute Gasteiger partial charge is 0.173 e. The molecule has 2 aliphatic rings. The Hall–Kier alpha value is -1.55. The number of hydrogen-bond donors (Lipinski definition) is 1. The molecule has 4 heteroatoms. The third-order valence-electron chi connectivity index (χ3n) is 4.26. The van der Waals surface area contributed by atoms with E-state index in [-0.39, 0.29) is 0 Å². The van der Waals surface area contributed by atoms with Crippen LogP contribution in [0.3, 0.4) is 0 Å². The Bertz CT molecular complexity index is 513. The molecule has 3 nitrogen and oxygen atoms in total. The molecule has 1 aromatic rings. The second-order valence-electron chi connectivity index (χ2n) is 5.50. The van der Waals surface area contributed by atoms with Crippen LogP contribution >= 0.6 is 12.2 Å². The summed E-state index contributed by atoms with van der Waals surface area (Å²) in [4.78, 5) is 2.30. The quantitative estimate of drug-likeness (QED) is 0.667. The lowest BCUT2D eigenvalue weighted by atomic mass is 9.86. The minimum atomic E-state index is 0.761. The van der Waals surface area contributed by atoms with E-state index < -0.39 is 0 Å². The zero-order chi connectivity index (χ0) is 13.9. The van der Waals surface area contributed by atoms with Crippen LogP contribution in [0.25, 0.3) is 0 Å². The van der Waals surface area contributed by atoms with E-state index in [1.165, 1.54) is 12.8 Å². The van der Waals surface area contributed by atoms with E-state index in [2.05, 4.69) is 22.4 Å². The van der Waals surface area contributed by atoms with Gasteiger partial charge in [-0.3, -0.25) is 0 Å². The van der Waals surface area contributed by atoms with Gasteiger partial charge in [-0.05, 0) is 49.0 Å². The zero-order valence-corrected chi connectivity index (χ0v) is 12.5. The average molecular weight is 288 g/mol. The number of likely N-dealkylation sites (tertiary alicyclic amines) is 1. The van der Waals surface area contributed by atoms with E-state index in [4.69, 9.17) is 17.0 Å². The van der Waals surface area contributed by atoms with Gasteiger partial charge >= 0.3 is 0 Å². The molecule has 1 fully saturated rings. The van der Waals surface area contributed by atoms with Crippen molar-refractivity contribution in [3.8, 4) is 5.75 Å². The van der Waals surface area contributed by atoms with Gasteiger partial charge in [0.1, 0.15) is 5.75 Å². The number of para-hydroxylation sites is 2. The summed E-state index contributed by atoms with van der Waals surface area (Å²) in [5.41, 5.74) is 0.938. The molecule has 1 heterocycles. The topological polar surface area (TPSA) is 24.5 Å². The third-order valence-corrected chi connectivity index (χ3v) is 4.62. The molecule has 1 aliphatic carbocycles. The molecule has 1 saturated heterocycles. The van der Waals surface area contributed by atoms with Gasteiger partial charge < -0.3 is 15.0 Å². The highest BCUT2D eigenvalue weighted by atomic mass is 32.1. The van der Waals surface area contributed by atoms with E-state index in [1.807, 2.05) is 24.3 Å². The fraction of sp³-hybridized carbons (Fsp3) is 0.438. The number of hydrogen-bond acceptors (Lipinski definition) is 2. The van der Waals surface area contributed by atoms with Crippen molar-refractivity contribution in [2.24, 2.45) is 11.8 Å². The van der Waals surface area contributed by atoms with E-state index in [1.54, 1.807) is 7.11 Å². The van der Waals surface area contributed by atoms with Crippen LogP contribution in [0.4, 0.5) is 5.69 Å². The molecule has 1 N–H and O–H groups in total. The molecule has 3 rings (SSSR count). The molecular formula is C16H20N2OS. The first-order valence-electron chi connectivity index (χ1n) is 7.12. The lowest BCUT2D eigenvalue weighted by molar-refractivity contribution is 0.411. The molecule has 0 aromatic heterocycles. The molecular weight excluding hydrogens is 268 g/mol. The Kier molecular flexibility index (Phi) is 3.92. The predicted octanol–water partition coefficient (Wildman–Crippen LogP) is 3.29. The molecule has 0 saturated carbocycles. The van der Waals surface area contributed by atoms with Gasteiger partial charge in [-0.1, -0.05) is 24.3 Å². The molecule has 1 aromatic carbocycles. The van der Waals surface area contributed by atoms with Crippen molar-refractivity contribution in [1.82, 2.24) is 4.90 Å². The number of thiocarbonyl (C=S) groups is 1. The Labute approximate surface area is 125 Å². The maximum absolute atomic E-state index is 5.56. The van der Waals surface area contributed by atoms with E-state index in [0.29, 0.717) is 0 Å². The molecule has 0 spiro atoms. The van der Waals surface area contributed by atoms with Crippen LogP contribution in [0.2, 0.25) is 0 Å². The summed E-state index contributed by atoms with van der Waals surface area (Å²) < 4.78 is 5.35. The van der Waals surface area contributed by atoms with Crippen molar-refractivity contribution in [3.05, 3.63) is 36.4 Å². The minimum Gasteiger partial charge on any atom is -0.495 e. The summed E-state index contributed by atoms with van der Waals surface area (Å²) in [6.45, 7) is 2.13. The number of ether oxygens (including phenoxy) is 1. The highest BCUT2D eigenvalue weighted by molar-refractivity contribution is 7.80. The fourth-order valence-corrected chi connectivity index (χ4v) is 3.38. The summed E-state index contributed by atoms with van der Waals surface area (Å²) >= 11 is 5.56. The van der Waals surface area contributed by atoms with Gasteiger partial charge in [0.15, 0.2) is 5.11 Å². The second kappa shape index (κ2) is 5.83. The number of allylic oxidation sites excluding steroid dienone is 2. The number of fused-ring (bicyclic) bond motifs is 1. The summed E-state index contributed by atoms with van der Waals surface area (Å²) in [5.74, 6) is 2.35. The maximum atomic E-state index is 5.56. The molecule has 0 radical (unpaired) electrons. The molecule has 2 unspecified atom stereocenters. The van der Waals surface area contributed by atoms with Gasteiger partial charge in [-0.2, -0.15) is 0 Å². The molecule has 106 valence electrons. The van der Waals surface area contributed by atoms with E-state index in [9.17, 15) is 0 Å². The molecule has 1 aliphatic heterocycles. The Balaban J connectivity index is 1.65. The van der Waals surface area contributed by atoms with Crippen LogP contribution in [-0.4, -0.2) is 30.2 Å². The largest absolute Gasteiger partial charge is 0.495 e. The van der Waals surface area contributed by atoms with Crippen LogP contribution < -0.4 is 10.1 Å². The normalized spacial score (nSPS) is 24.4. The highest BCUT2D eigenvalue weighted by Crippen LogP contribution is 2.33.